The quantitative estimate of drug-likeness (QED) is 0.651. The van der Waals surface area contributed by atoms with Crippen LogP contribution in [0.15, 0.2) is 0 Å². The van der Waals surface area contributed by atoms with E-state index in [1.165, 1.54) is 19.3 Å². The number of hydrogen-bond donors (Lipinski definition) is 0. The summed E-state index contributed by atoms with van der Waals surface area (Å²) in [5.41, 5.74) is 0. The van der Waals surface area contributed by atoms with Gasteiger partial charge in [0, 0.05) is 6.61 Å². The maximum absolute atomic E-state index is 5.71. The molecule has 2 saturated carbocycles. The van der Waals surface area contributed by atoms with Crippen LogP contribution in [0, 0.1) is 23.7 Å². The Morgan fingerprint density at radius 2 is 2.15 bits per heavy atom. The molecule has 0 radical (unpaired) electrons. The minimum atomic E-state index is 0.514. The molecule has 0 unspecified atom stereocenters. The minimum absolute atomic E-state index is 0.514. The summed E-state index contributed by atoms with van der Waals surface area (Å²) in [6.45, 7) is 7.67. The predicted octanol–water partition coefficient (Wildman–Crippen LogP) is 3.09. The molecule has 0 aromatic carbocycles. The van der Waals surface area contributed by atoms with Crippen LogP contribution in [0.5, 0.6) is 0 Å². The third-order valence-electron chi connectivity index (χ3n) is 4.12. The van der Waals surface area contributed by atoms with E-state index in [4.69, 9.17) is 4.74 Å². The first-order chi connectivity index (χ1) is 6.25. The van der Waals surface area contributed by atoms with Crippen LogP contribution in [0.3, 0.4) is 0 Å². The fourth-order valence-corrected chi connectivity index (χ4v) is 3.52. The maximum atomic E-state index is 5.71. The average molecular weight is 182 g/mol. The Morgan fingerprint density at radius 1 is 1.38 bits per heavy atom. The topological polar surface area (TPSA) is 9.23 Å². The van der Waals surface area contributed by atoms with Gasteiger partial charge in [-0.1, -0.05) is 19.8 Å². The van der Waals surface area contributed by atoms with E-state index in [0.29, 0.717) is 6.10 Å². The zero-order chi connectivity index (χ0) is 9.42. The largest absolute Gasteiger partial charge is 0.378 e. The Kier molecular flexibility index (Phi) is 2.64. The van der Waals surface area contributed by atoms with Crippen molar-refractivity contribution < 1.29 is 4.74 Å². The number of hydrogen-bond acceptors (Lipinski definition) is 1. The van der Waals surface area contributed by atoms with Crippen LogP contribution in [0.1, 0.15) is 40.0 Å². The SMILES string of the molecule is CCO[C@H](C)[C@@H]1[C@@H]2CCC[C@@H](C)[C@H]21. The van der Waals surface area contributed by atoms with E-state index in [9.17, 15) is 0 Å². The van der Waals surface area contributed by atoms with Crippen molar-refractivity contribution >= 4 is 0 Å². The Hall–Kier alpha value is -0.0400. The fourth-order valence-electron chi connectivity index (χ4n) is 3.52. The van der Waals surface area contributed by atoms with E-state index < -0.39 is 0 Å². The van der Waals surface area contributed by atoms with Gasteiger partial charge in [-0.05, 0) is 43.9 Å². The monoisotopic (exact) mass is 182 g/mol. The summed E-state index contributed by atoms with van der Waals surface area (Å²) in [6.07, 6.45) is 4.89. The van der Waals surface area contributed by atoms with E-state index >= 15 is 0 Å². The molecule has 1 heteroatoms. The zero-order valence-corrected chi connectivity index (χ0v) is 9.12. The summed E-state index contributed by atoms with van der Waals surface area (Å²) in [5.74, 6) is 3.89. The summed E-state index contributed by atoms with van der Waals surface area (Å²) >= 11 is 0. The van der Waals surface area contributed by atoms with E-state index in [0.717, 1.165) is 30.3 Å². The Bertz CT molecular complexity index is 178. The van der Waals surface area contributed by atoms with Gasteiger partial charge < -0.3 is 4.74 Å². The van der Waals surface area contributed by atoms with Crippen molar-refractivity contribution in [3.63, 3.8) is 0 Å². The van der Waals surface area contributed by atoms with Gasteiger partial charge in [-0.3, -0.25) is 0 Å². The first-order valence-electron chi connectivity index (χ1n) is 5.87. The molecule has 0 amide bonds. The van der Waals surface area contributed by atoms with Crippen LogP contribution in [-0.2, 0) is 4.74 Å². The predicted molar refractivity (Wildman–Crippen MR) is 54.6 cm³/mol. The van der Waals surface area contributed by atoms with Crippen molar-refractivity contribution in [3.05, 3.63) is 0 Å². The molecular weight excluding hydrogens is 160 g/mol. The zero-order valence-electron chi connectivity index (χ0n) is 9.12. The summed E-state index contributed by atoms with van der Waals surface area (Å²) in [5, 5.41) is 0. The lowest BCUT2D eigenvalue weighted by atomic mass is 9.91. The van der Waals surface area contributed by atoms with Gasteiger partial charge in [-0.25, -0.2) is 0 Å². The molecular formula is C12H22O. The van der Waals surface area contributed by atoms with Gasteiger partial charge >= 0.3 is 0 Å². The summed E-state index contributed by atoms with van der Waals surface area (Å²) in [4.78, 5) is 0. The van der Waals surface area contributed by atoms with Crippen LogP contribution < -0.4 is 0 Å². The summed E-state index contributed by atoms with van der Waals surface area (Å²) < 4.78 is 5.71. The van der Waals surface area contributed by atoms with Crippen LogP contribution in [0.2, 0.25) is 0 Å². The van der Waals surface area contributed by atoms with Gasteiger partial charge in [-0.15, -0.1) is 0 Å². The van der Waals surface area contributed by atoms with Gasteiger partial charge in [0.2, 0.25) is 0 Å². The second kappa shape index (κ2) is 3.61. The lowest BCUT2D eigenvalue weighted by Gasteiger charge is -2.15. The van der Waals surface area contributed by atoms with E-state index in [1.54, 1.807) is 0 Å². The Morgan fingerprint density at radius 3 is 2.77 bits per heavy atom. The molecule has 2 aliphatic carbocycles. The fraction of sp³-hybridized carbons (Fsp3) is 1.00. The molecule has 0 saturated heterocycles. The summed E-state index contributed by atoms with van der Waals surface area (Å²) in [6, 6.07) is 0. The Balaban J connectivity index is 1.89. The molecule has 0 spiro atoms. The van der Waals surface area contributed by atoms with Gasteiger partial charge in [0.05, 0.1) is 6.10 Å². The van der Waals surface area contributed by atoms with Gasteiger partial charge in [0.25, 0.3) is 0 Å². The molecule has 1 nitrogen and oxygen atoms in total. The van der Waals surface area contributed by atoms with Crippen LogP contribution in [0.4, 0.5) is 0 Å². The van der Waals surface area contributed by atoms with Crippen LogP contribution in [-0.4, -0.2) is 12.7 Å². The normalized spacial score (nSPS) is 45.5. The second-order valence-electron chi connectivity index (χ2n) is 4.89. The third-order valence-corrected chi connectivity index (χ3v) is 4.12. The molecule has 2 aliphatic rings. The molecule has 2 rings (SSSR count). The Labute approximate surface area is 81.9 Å². The van der Waals surface area contributed by atoms with Gasteiger partial charge in [-0.2, -0.15) is 0 Å². The maximum Gasteiger partial charge on any atom is 0.0580 e. The van der Waals surface area contributed by atoms with Crippen molar-refractivity contribution in [2.45, 2.75) is 46.1 Å². The number of rotatable bonds is 3. The van der Waals surface area contributed by atoms with Crippen molar-refractivity contribution in [1.82, 2.24) is 0 Å². The standard InChI is InChI=1S/C12H22O/c1-4-13-9(3)12-10-7-5-6-8(2)11(10)12/h8-12H,4-7H2,1-3H3/t8-,9-,10-,11-,12-/m1/s1. The van der Waals surface area contributed by atoms with Crippen molar-refractivity contribution in [2.24, 2.45) is 23.7 Å². The molecule has 0 N–H and O–H groups in total. The second-order valence-corrected chi connectivity index (χ2v) is 4.89. The van der Waals surface area contributed by atoms with Crippen molar-refractivity contribution in [1.29, 1.82) is 0 Å². The number of ether oxygens (including phenoxy) is 1. The molecule has 5 atom stereocenters. The van der Waals surface area contributed by atoms with Crippen molar-refractivity contribution in [3.8, 4) is 0 Å². The van der Waals surface area contributed by atoms with Gasteiger partial charge in [0.1, 0.15) is 0 Å². The first-order valence-corrected chi connectivity index (χ1v) is 5.87. The molecule has 13 heavy (non-hydrogen) atoms. The van der Waals surface area contributed by atoms with Crippen LogP contribution in [0.25, 0.3) is 0 Å². The minimum Gasteiger partial charge on any atom is -0.378 e. The third kappa shape index (κ3) is 1.63. The highest BCUT2D eigenvalue weighted by atomic mass is 16.5. The molecule has 0 heterocycles. The first kappa shape index (κ1) is 9.51. The highest BCUT2D eigenvalue weighted by molar-refractivity contribution is 5.04. The van der Waals surface area contributed by atoms with Crippen molar-refractivity contribution in [2.75, 3.05) is 6.61 Å². The van der Waals surface area contributed by atoms with Gasteiger partial charge in [0.15, 0.2) is 0 Å². The molecule has 2 fully saturated rings. The lowest BCUT2D eigenvalue weighted by molar-refractivity contribution is 0.0528. The smallest absolute Gasteiger partial charge is 0.0580 e. The van der Waals surface area contributed by atoms with E-state index in [-0.39, 0.29) is 0 Å². The van der Waals surface area contributed by atoms with Crippen LogP contribution >= 0.6 is 0 Å². The van der Waals surface area contributed by atoms with E-state index in [1.807, 2.05) is 0 Å². The number of fused-ring (bicyclic) bond motifs is 1. The highest BCUT2D eigenvalue weighted by Crippen LogP contribution is 2.59. The molecule has 0 bridgehead atoms. The average Bonchev–Trinajstić information content (AvgIpc) is 2.80. The molecule has 0 aliphatic heterocycles. The molecule has 76 valence electrons. The highest BCUT2D eigenvalue weighted by Gasteiger charge is 2.56. The lowest BCUT2D eigenvalue weighted by Crippen LogP contribution is -2.13. The molecule has 0 aromatic rings. The molecule has 0 aromatic heterocycles. The van der Waals surface area contributed by atoms with E-state index in [2.05, 4.69) is 20.8 Å². The summed E-state index contributed by atoms with van der Waals surface area (Å²) in [7, 11) is 0.